The van der Waals surface area contributed by atoms with Crippen LogP contribution in [0, 0.1) is 12.8 Å². The Morgan fingerprint density at radius 1 is 1.15 bits per heavy atom. The molecule has 0 bridgehead atoms. The van der Waals surface area contributed by atoms with E-state index in [0.29, 0.717) is 12.2 Å². The van der Waals surface area contributed by atoms with Gasteiger partial charge in [-0.2, -0.15) is 11.8 Å². The molecule has 0 spiro atoms. The van der Waals surface area contributed by atoms with Crippen LogP contribution in [-0.4, -0.2) is 58.5 Å². The van der Waals surface area contributed by atoms with Crippen LogP contribution in [0.15, 0.2) is 24.3 Å². The Balaban J connectivity index is 2.44. The minimum Gasteiger partial charge on any atom is -0.444 e. The van der Waals surface area contributed by atoms with Crippen LogP contribution in [0.4, 0.5) is 4.79 Å². The van der Waals surface area contributed by atoms with E-state index in [-0.39, 0.29) is 29.8 Å². The predicted molar refractivity (Wildman–Crippen MR) is 138 cm³/mol. The first-order chi connectivity index (χ1) is 15.8. The molecule has 1 saturated carbocycles. The normalized spacial score (nSPS) is 19.2. The molecule has 3 amide bonds. The molecule has 1 aliphatic rings. The highest BCUT2D eigenvalue weighted by Crippen LogP contribution is 2.41. The summed E-state index contributed by atoms with van der Waals surface area (Å²) < 4.78 is 5.43. The Hall–Kier alpha value is -2.22. The first-order valence-corrected chi connectivity index (χ1v) is 13.4. The highest BCUT2D eigenvalue weighted by atomic mass is 32.2. The van der Waals surface area contributed by atoms with Gasteiger partial charge in [-0.3, -0.25) is 9.59 Å². The average molecular weight is 492 g/mol. The first-order valence-electron chi connectivity index (χ1n) is 12.0. The van der Waals surface area contributed by atoms with Crippen molar-refractivity contribution in [3.63, 3.8) is 0 Å². The summed E-state index contributed by atoms with van der Waals surface area (Å²) in [6.45, 7) is 13.2. The van der Waals surface area contributed by atoms with E-state index in [1.165, 1.54) is 0 Å². The van der Waals surface area contributed by atoms with Gasteiger partial charge in [0.25, 0.3) is 0 Å². The van der Waals surface area contributed by atoms with Crippen molar-refractivity contribution < 1.29 is 19.1 Å². The van der Waals surface area contributed by atoms with Gasteiger partial charge in [-0.05, 0) is 77.9 Å². The van der Waals surface area contributed by atoms with Crippen molar-refractivity contribution in [1.29, 1.82) is 0 Å². The van der Waals surface area contributed by atoms with Crippen LogP contribution in [0.2, 0.25) is 0 Å². The molecule has 2 N–H and O–H groups in total. The van der Waals surface area contributed by atoms with Crippen LogP contribution < -0.4 is 10.6 Å². The summed E-state index contributed by atoms with van der Waals surface area (Å²) in [5.41, 5.74) is 1.16. The van der Waals surface area contributed by atoms with Crippen molar-refractivity contribution in [3.05, 3.63) is 35.4 Å². The lowest BCUT2D eigenvalue weighted by molar-refractivity contribution is -0.143. The number of benzene rings is 1. The van der Waals surface area contributed by atoms with Crippen molar-refractivity contribution >= 4 is 29.7 Å². The fraction of sp³-hybridized carbons (Fsp3) is 0.654. The molecule has 4 unspecified atom stereocenters. The fourth-order valence-corrected chi connectivity index (χ4v) is 4.32. The molecule has 1 aromatic rings. The van der Waals surface area contributed by atoms with E-state index in [0.717, 1.165) is 17.5 Å². The van der Waals surface area contributed by atoms with Gasteiger partial charge in [-0.15, -0.1) is 0 Å². The van der Waals surface area contributed by atoms with E-state index in [1.54, 1.807) is 37.4 Å². The fourth-order valence-electron chi connectivity index (χ4n) is 3.85. The number of nitrogens with one attached hydrogen (secondary N) is 2. The van der Waals surface area contributed by atoms with Gasteiger partial charge < -0.3 is 20.3 Å². The highest BCUT2D eigenvalue weighted by Gasteiger charge is 2.48. The van der Waals surface area contributed by atoms with Crippen molar-refractivity contribution in [2.24, 2.45) is 5.92 Å². The van der Waals surface area contributed by atoms with E-state index >= 15 is 0 Å². The van der Waals surface area contributed by atoms with E-state index in [9.17, 15) is 14.4 Å². The number of ether oxygens (including phenoxy) is 1. The van der Waals surface area contributed by atoms with Crippen LogP contribution >= 0.6 is 11.8 Å². The summed E-state index contributed by atoms with van der Waals surface area (Å²) in [6.07, 6.45) is 2.60. The SMILES string of the molecule is CSCCC(NC(=O)OC(C)(C)C)C(=O)N(C(C(=O)NC(C)C)c1ccc(C)cc1)C1CC1C. The van der Waals surface area contributed by atoms with Gasteiger partial charge in [0, 0.05) is 12.1 Å². The zero-order valence-corrected chi connectivity index (χ0v) is 22.6. The third-order valence-electron chi connectivity index (χ3n) is 5.63. The second-order valence-electron chi connectivity index (χ2n) is 10.5. The zero-order chi connectivity index (χ0) is 25.6. The molecule has 0 heterocycles. The molecule has 8 heteroatoms. The number of alkyl carbamates (subject to hydrolysis) is 1. The maximum Gasteiger partial charge on any atom is 0.408 e. The van der Waals surface area contributed by atoms with Gasteiger partial charge in [-0.25, -0.2) is 4.79 Å². The molecule has 7 nitrogen and oxygen atoms in total. The lowest BCUT2D eigenvalue weighted by Gasteiger charge is -2.35. The molecule has 0 aliphatic heterocycles. The second-order valence-corrected chi connectivity index (χ2v) is 11.5. The quantitative estimate of drug-likeness (QED) is 0.505. The number of thioether (sulfide) groups is 1. The Morgan fingerprint density at radius 3 is 2.21 bits per heavy atom. The Morgan fingerprint density at radius 2 is 1.74 bits per heavy atom. The molecule has 34 heavy (non-hydrogen) atoms. The molecule has 1 fully saturated rings. The van der Waals surface area contributed by atoms with Gasteiger partial charge in [0.05, 0.1) is 0 Å². The number of carbonyl (C=O) groups excluding carboxylic acids is 3. The maximum atomic E-state index is 14.0. The smallest absolute Gasteiger partial charge is 0.408 e. The van der Waals surface area contributed by atoms with Gasteiger partial charge >= 0.3 is 6.09 Å². The summed E-state index contributed by atoms with van der Waals surface area (Å²) in [6, 6.07) is 6.03. The van der Waals surface area contributed by atoms with E-state index in [4.69, 9.17) is 4.74 Å². The highest BCUT2D eigenvalue weighted by molar-refractivity contribution is 7.98. The minimum atomic E-state index is -0.783. The predicted octanol–water partition coefficient (Wildman–Crippen LogP) is 4.44. The molecular formula is C26H41N3O4S. The second kappa shape index (κ2) is 12.0. The van der Waals surface area contributed by atoms with Crippen molar-refractivity contribution in [1.82, 2.24) is 15.5 Å². The van der Waals surface area contributed by atoms with E-state index < -0.39 is 23.8 Å². The van der Waals surface area contributed by atoms with E-state index in [2.05, 4.69) is 17.6 Å². The summed E-state index contributed by atoms with van der Waals surface area (Å²) >= 11 is 1.60. The molecule has 0 saturated heterocycles. The standard InChI is InChI=1S/C26H41N3O4S/c1-16(2)27-23(30)22(19-11-9-17(3)10-12-19)29(21-15-18(21)4)24(31)20(13-14-34-8)28-25(32)33-26(5,6)7/h9-12,16,18,20-22H,13-15H2,1-8H3,(H,27,30)(H,28,32). The molecule has 0 radical (unpaired) electrons. The molecule has 190 valence electrons. The van der Waals surface area contributed by atoms with Crippen molar-refractivity contribution in [2.75, 3.05) is 12.0 Å². The number of amides is 3. The monoisotopic (exact) mass is 491 g/mol. The summed E-state index contributed by atoms with van der Waals surface area (Å²) in [4.78, 5) is 41.7. The molecular weight excluding hydrogens is 450 g/mol. The van der Waals surface area contributed by atoms with Gasteiger partial charge in [0.2, 0.25) is 11.8 Å². The molecule has 2 rings (SSSR count). The summed E-state index contributed by atoms with van der Waals surface area (Å²) in [7, 11) is 0. The molecule has 1 aliphatic carbocycles. The van der Waals surface area contributed by atoms with Gasteiger partial charge in [0.1, 0.15) is 17.7 Å². The maximum absolute atomic E-state index is 14.0. The minimum absolute atomic E-state index is 0.0612. The van der Waals surface area contributed by atoms with Crippen LogP contribution in [0.5, 0.6) is 0 Å². The number of rotatable bonds is 10. The Bertz CT molecular complexity index is 851. The molecule has 0 aromatic heterocycles. The average Bonchev–Trinajstić information content (AvgIpc) is 3.43. The number of hydrogen-bond acceptors (Lipinski definition) is 5. The third kappa shape index (κ3) is 8.22. The Kier molecular flexibility index (Phi) is 9.85. The van der Waals surface area contributed by atoms with Crippen LogP contribution in [-0.2, 0) is 14.3 Å². The first kappa shape index (κ1) is 28.0. The summed E-state index contributed by atoms with van der Waals surface area (Å²) in [5, 5.41) is 5.78. The number of hydrogen-bond donors (Lipinski definition) is 2. The van der Waals surface area contributed by atoms with Crippen molar-refractivity contribution in [3.8, 4) is 0 Å². The van der Waals surface area contributed by atoms with Crippen LogP contribution in [0.3, 0.4) is 0 Å². The van der Waals surface area contributed by atoms with Crippen molar-refractivity contribution in [2.45, 2.75) is 91.1 Å². The lowest BCUT2D eigenvalue weighted by Crippen LogP contribution is -2.54. The largest absolute Gasteiger partial charge is 0.444 e. The van der Waals surface area contributed by atoms with E-state index in [1.807, 2.05) is 51.3 Å². The summed E-state index contributed by atoms with van der Waals surface area (Å²) in [5.74, 6) is 0.505. The van der Waals surface area contributed by atoms with Crippen LogP contribution in [0.25, 0.3) is 0 Å². The molecule has 4 atom stereocenters. The van der Waals surface area contributed by atoms with Gasteiger partial charge in [0.15, 0.2) is 0 Å². The number of carbonyl (C=O) groups is 3. The Labute approximate surface area is 208 Å². The molecule has 1 aromatic carbocycles. The third-order valence-corrected chi connectivity index (χ3v) is 6.27. The zero-order valence-electron chi connectivity index (χ0n) is 21.8. The number of aryl methyl sites for hydroxylation is 1. The topological polar surface area (TPSA) is 87.7 Å². The lowest BCUT2D eigenvalue weighted by atomic mass is 10.0. The van der Waals surface area contributed by atoms with Gasteiger partial charge in [-0.1, -0.05) is 36.8 Å². The van der Waals surface area contributed by atoms with Crippen LogP contribution in [0.1, 0.15) is 71.6 Å². The number of nitrogens with zero attached hydrogens (tertiary/aromatic N) is 1.